The second kappa shape index (κ2) is 9.97. The lowest BCUT2D eigenvalue weighted by Crippen LogP contribution is -2.30. The summed E-state index contributed by atoms with van der Waals surface area (Å²) in [7, 11) is 0. The molecule has 1 aromatic carbocycles. The van der Waals surface area contributed by atoms with Crippen LogP contribution in [0.2, 0.25) is 0 Å². The molecule has 3 aromatic heterocycles. The summed E-state index contributed by atoms with van der Waals surface area (Å²) >= 11 is 2.84. The third kappa shape index (κ3) is 4.84. The number of benzene rings is 1. The van der Waals surface area contributed by atoms with Crippen LogP contribution in [-0.4, -0.2) is 26.4 Å². The minimum Gasteiger partial charge on any atom is -0.469 e. The maximum Gasteiger partial charge on any atom is 0.231 e. The number of halogens is 1. The first-order chi connectivity index (χ1) is 15.6. The Hall–Kier alpha value is -3.17. The van der Waals surface area contributed by atoms with Crippen molar-refractivity contribution in [2.75, 3.05) is 5.75 Å². The van der Waals surface area contributed by atoms with E-state index in [4.69, 9.17) is 4.42 Å². The van der Waals surface area contributed by atoms with Gasteiger partial charge in [0.1, 0.15) is 11.6 Å². The standard InChI is InChI=1S/C23H21FN4O2S2/c1-3-11-28-22(18-10-12-30-15(18)2)26-27-23(28)32-14-20(29)25-21(19-5-4-13-31-19)16-6-8-17(24)9-7-16/h3-10,12-13,21H,1,11,14H2,2H3,(H,25,29). The van der Waals surface area contributed by atoms with E-state index in [-0.39, 0.29) is 23.5 Å². The number of amides is 1. The highest BCUT2D eigenvalue weighted by molar-refractivity contribution is 7.99. The molecule has 0 bridgehead atoms. The van der Waals surface area contributed by atoms with E-state index in [1.165, 1.54) is 35.2 Å². The number of thiophene rings is 1. The fraction of sp³-hybridized carbons (Fsp3) is 0.174. The molecule has 6 nitrogen and oxygen atoms in total. The van der Waals surface area contributed by atoms with Crippen molar-refractivity contribution < 1.29 is 13.6 Å². The number of allylic oxidation sites excluding steroid dienone is 1. The number of aryl methyl sites for hydroxylation is 1. The average Bonchev–Trinajstić information content (AvgIpc) is 3.53. The van der Waals surface area contributed by atoms with Gasteiger partial charge >= 0.3 is 0 Å². The van der Waals surface area contributed by atoms with Crippen molar-refractivity contribution in [2.45, 2.75) is 24.7 Å². The Labute approximate surface area is 193 Å². The Kier molecular flexibility index (Phi) is 6.87. The molecule has 4 rings (SSSR count). The van der Waals surface area contributed by atoms with Crippen molar-refractivity contribution >= 4 is 29.0 Å². The second-order valence-corrected chi connectivity index (χ2v) is 8.87. The molecular formula is C23H21FN4O2S2. The molecular weight excluding hydrogens is 447 g/mol. The van der Waals surface area contributed by atoms with Crippen LogP contribution in [0.25, 0.3) is 11.4 Å². The lowest BCUT2D eigenvalue weighted by Gasteiger charge is -2.18. The molecule has 0 aliphatic carbocycles. The van der Waals surface area contributed by atoms with Crippen molar-refractivity contribution in [3.05, 3.63) is 88.8 Å². The number of nitrogens with one attached hydrogen (secondary N) is 1. The number of carbonyl (C=O) groups is 1. The van der Waals surface area contributed by atoms with E-state index in [1.54, 1.807) is 24.5 Å². The zero-order valence-corrected chi connectivity index (χ0v) is 19.0. The highest BCUT2D eigenvalue weighted by atomic mass is 32.2. The van der Waals surface area contributed by atoms with E-state index in [9.17, 15) is 9.18 Å². The minimum atomic E-state index is -0.348. The van der Waals surface area contributed by atoms with Crippen molar-refractivity contribution in [3.63, 3.8) is 0 Å². The fourth-order valence-electron chi connectivity index (χ4n) is 3.27. The van der Waals surface area contributed by atoms with Crippen LogP contribution < -0.4 is 5.32 Å². The van der Waals surface area contributed by atoms with Crippen molar-refractivity contribution in [2.24, 2.45) is 0 Å². The van der Waals surface area contributed by atoms with E-state index in [1.807, 2.05) is 35.1 Å². The number of rotatable bonds is 9. The van der Waals surface area contributed by atoms with Crippen molar-refractivity contribution in [1.29, 1.82) is 0 Å². The van der Waals surface area contributed by atoms with Crippen molar-refractivity contribution in [3.8, 4) is 11.4 Å². The third-order valence-corrected chi connectivity index (χ3v) is 6.70. The van der Waals surface area contributed by atoms with Crippen LogP contribution >= 0.6 is 23.1 Å². The molecule has 1 N–H and O–H groups in total. The predicted octanol–water partition coefficient (Wildman–Crippen LogP) is 5.23. The molecule has 0 fully saturated rings. The van der Waals surface area contributed by atoms with Crippen LogP contribution in [0.5, 0.6) is 0 Å². The first kappa shape index (κ1) is 22.0. The van der Waals surface area contributed by atoms with Crippen LogP contribution in [0.15, 0.2) is 76.3 Å². The first-order valence-electron chi connectivity index (χ1n) is 9.86. The number of thioether (sulfide) groups is 1. The molecule has 1 amide bonds. The van der Waals surface area contributed by atoms with E-state index >= 15 is 0 Å². The maximum absolute atomic E-state index is 13.4. The minimum absolute atomic E-state index is 0.155. The molecule has 1 atom stereocenters. The lowest BCUT2D eigenvalue weighted by molar-refractivity contribution is -0.119. The Bertz CT molecular complexity index is 1200. The summed E-state index contributed by atoms with van der Waals surface area (Å²) in [6.07, 6.45) is 3.37. The van der Waals surface area contributed by atoms with Gasteiger partial charge in [0, 0.05) is 11.4 Å². The van der Waals surface area contributed by atoms with E-state index < -0.39 is 0 Å². The predicted molar refractivity (Wildman–Crippen MR) is 124 cm³/mol. The largest absolute Gasteiger partial charge is 0.469 e. The number of furan rings is 1. The molecule has 0 saturated heterocycles. The van der Waals surface area contributed by atoms with Gasteiger partial charge in [0.05, 0.1) is 23.6 Å². The van der Waals surface area contributed by atoms with E-state index in [0.717, 1.165) is 21.8 Å². The Morgan fingerprint density at radius 2 is 2.12 bits per heavy atom. The van der Waals surface area contributed by atoms with Gasteiger partial charge in [0.15, 0.2) is 11.0 Å². The van der Waals surface area contributed by atoms with E-state index in [0.29, 0.717) is 17.5 Å². The summed E-state index contributed by atoms with van der Waals surface area (Å²) in [6.45, 7) is 6.18. The quantitative estimate of drug-likeness (QED) is 0.269. The van der Waals surface area contributed by atoms with Gasteiger partial charge in [-0.2, -0.15) is 0 Å². The van der Waals surface area contributed by atoms with Gasteiger partial charge in [-0.1, -0.05) is 36.0 Å². The Morgan fingerprint density at radius 1 is 1.31 bits per heavy atom. The van der Waals surface area contributed by atoms with Gasteiger partial charge in [0.25, 0.3) is 0 Å². The molecule has 0 aliphatic heterocycles. The van der Waals surface area contributed by atoms with Crippen LogP contribution in [0, 0.1) is 12.7 Å². The van der Waals surface area contributed by atoms with Gasteiger partial charge in [-0.05, 0) is 42.1 Å². The Balaban J connectivity index is 1.49. The highest BCUT2D eigenvalue weighted by Crippen LogP contribution is 2.29. The summed E-state index contributed by atoms with van der Waals surface area (Å²) in [5, 5.41) is 14.2. The monoisotopic (exact) mass is 468 g/mol. The second-order valence-electron chi connectivity index (χ2n) is 6.95. The zero-order chi connectivity index (χ0) is 22.5. The average molecular weight is 469 g/mol. The van der Waals surface area contributed by atoms with E-state index in [2.05, 4.69) is 22.1 Å². The molecule has 1 unspecified atom stereocenters. The molecule has 9 heteroatoms. The van der Waals surface area contributed by atoms with Crippen LogP contribution in [0.3, 0.4) is 0 Å². The number of carbonyl (C=O) groups excluding carboxylic acids is 1. The first-order valence-corrected chi connectivity index (χ1v) is 11.7. The number of aromatic nitrogens is 3. The summed E-state index contributed by atoms with van der Waals surface area (Å²) in [5.74, 6) is 1.09. The van der Waals surface area contributed by atoms with Gasteiger partial charge in [-0.3, -0.25) is 9.36 Å². The third-order valence-electron chi connectivity index (χ3n) is 4.80. The molecule has 0 saturated carbocycles. The zero-order valence-electron chi connectivity index (χ0n) is 17.3. The molecule has 32 heavy (non-hydrogen) atoms. The lowest BCUT2D eigenvalue weighted by atomic mass is 10.1. The molecule has 0 radical (unpaired) electrons. The number of hydrogen-bond donors (Lipinski definition) is 1. The van der Waals surface area contributed by atoms with Crippen LogP contribution in [0.1, 0.15) is 22.2 Å². The van der Waals surface area contributed by atoms with Crippen molar-refractivity contribution in [1.82, 2.24) is 20.1 Å². The summed E-state index contributed by atoms with van der Waals surface area (Å²) in [6, 6.07) is 11.5. The van der Waals surface area contributed by atoms with Gasteiger partial charge in [-0.25, -0.2) is 4.39 Å². The van der Waals surface area contributed by atoms with Gasteiger partial charge < -0.3 is 9.73 Å². The normalized spacial score (nSPS) is 11.9. The van der Waals surface area contributed by atoms with Crippen LogP contribution in [-0.2, 0) is 11.3 Å². The topological polar surface area (TPSA) is 73.0 Å². The number of nitrogens with zero attached hydrogens (tertiary/aromatic N) is 3. The smallest absolute Gasteiger partial charge is 0.231 e. The summed E-state index contributed by atoms with van der Waals surface area (Å²) in [5.41, 5.74) is 1.67. The molecule has 0 aliphatic rings. The molecule has 0 spiro atoms. The maximum atomic E-state index is 13.4. The Morgan fingerprint density at radius 3 is 2.78 bits per heavy atom. The fourth-order valence-corrected chi connectivity index (χ4v) is 4.83. The molecule has 164 valence electrons. The summed E-state index contributed by atoms with van der Waals surface area (Å²) in [4.78, 5) is 13.8. The summed E-state index contributed by atoms with van der Waals surface area (Å²) < 4.78 is 20.7. The number of hydrogen-bond acceptors (Lipinski definition) is 6. The van der Waals surface area contributed by atoms with Gasteiger partial charge in [0.2, 0.25) is 5.91 Å². The van der Waals surface area contributed by atoms with Gasteiger partial charge in [-0.15, -0.1) is 28.1 Å². The molecule has 3 heterocycles. The highest BCUT2D eigenvalue weighted by Gasteiger charge is 2.21. The molecule has 4 aromatic rings. The van der Waals surface area contributed by atoms with Crippen LogP contribution in [0.4, 0.5) is 4.39 Å². The SMILES string of the molecule is C=CCn1c(SCC(=O)NC(c2ccc(F)cc2)c2cccs2)nnc1-c1ccoc1C.